The lowest BCUT2D eigenvalue weighted by molar-refractivity contribution is -0.129. The van der Waals surface area contributed by atoms with Crippen LogP contribution in [0.15, 0.2) is 64.2 Å². The summed E-state index contributed by atoms with van der Waals surface area (Å²) < 4.78 is 10.8. The van der Waals surface area contributed by atoms with Gasteiger partial charge in [0.2, 0.25) is 11.8 Å². The molecule has 1 aromatic heterocycles. The molecule has 0 fully saturated rings. The Morgan fingerprint density at radius 2 is 2.00 bits per heavy atom. The van der Waals surface area contributed by atoms with E-state index in [0.29, 0.717) is 35.8 Å². The van der Waals surface area contributed by atoms with Gasteiger partial charge in [0.1, 0.15) is 0 Å². The monoisotopic (exact) mass is 417 g/mol. The van der Waals surface area contributed by atoms with Gasteiger partial charge >= 0.3 is 0 Å². The fourth-order valence-corrected chi connectivity index (χ4v) is 3.37. The molecule has 0 N–H and O–H groups in total. The number of hydrogen-bond donors (Lipinski definition) is 0. The predicted octanol–water partition coefficient (Wildman–Crippen LogP) is 4.16. The van der Waals surface area contributed by atoms with Crippen LogP contribution in [0.2, 0.25) is 5.02 Å². The Bertz CT molecular complexity index is 904. The maximum atomic E-state index is 12.7. The first kappa shape index (κ1) is 20.4. The molecule has 0 atom stereocenters. The highest BCUT2D eigenvalue weighted by atomic mass is 35.5. The molecule has 1 amide bonds. The molecule has 0 aliphatic rings. The number of amides is 1. The van der Waals surface area contributed by atoms with Gasteiger partial charge in [-0.2, -0.15) is 0 Å². The van der Waals surface area contributed by atoms with Crippen molar-refractivity contribution in [1.82, 2.24) is 15.1 Å². The molecule has 0 saturated carbocycles. The molecule has 3 aromatic rings. The van der Waals surface area contributed by atoms with Gasteiger partial charge in [-0.1, -0.05) is 59.8 Å². The fraction of sp³-hybridized carbons (Fsp3) is 0.250. The highest BCUT2D eigenvalue weighted by Gasteiger charge is 2.17. The van der Waals surface area contributed by atoms with Crippen LogP contribution in [0.25, 0.3) is 11.5 Å². The van der Waals surface area contributed by atoms with E-state index >= 15 is 0 Å². The topological polar surface area (TPSA) is 68.5 Å². The summed E-state index contributed by atoms with van der Waals surface area (Å²) in [7, 11) is 1.62. The Kier molecular flexibility index (Phi) is 7.47. The first-order valence-electron chi connectivity index (χ1n) is 8.68. The third-order valence-corrected chi connectivity index (χ3v) is 4.97. The predicted molar refractivity (Wildman–Crippen MR) is 109 cm³/mol. The second-order valence-corrected chi connectivity index (χ2v) is 7.33. The molecule has 0 unspecified atom stereocenters. The minimum Gasteiger partial charge on any atom is -0.411 e. The summed E-state index contributed by atoms with van der Waals surface area (Å²) in [4.78, 5) is 14.5. The first-order chi connectivity index (χ1) is 13.7. The molecule has 3 rings (SSSR count). The highest BCUT2D eigenvalue weighted by Crippen LogP contribution is 2.25. The van der Waals surface area contributed by atoms with Gasteiger partial charge in [-0.25, -0.2) is 0 Å². The van der Waals surface area contributed by atoms with E-state index < -0.39 is 0 Å². The molecule has 0 bridgehead atoms. The lowest BCUT2D eigenvalue weighted by atomic mass is 10.2. The van der Waals surface area contributed by atoms with E-state index in [2.05, 4.69) is 10.2 Å². The molecule has 2 aromatic carbocycles. The van der Waals surface area contributed by atoms with E-state index in [9.17, 15) is 4.79 Å². The van der Waals surface area contributed by atoms with Crippen LogP contribution in [0.1, 0.15) is 5.56 Å². The first-order valence-corrected chi connectivity index (χ1v) is 10.0. The van der Waals surface area contributed by atoms with Crippen LogP contribution in [-0.2, 0) is 16.1 Å². The average Bonchev–Trinajstić information content (AvgIpc) is 3.19. The van der Waals surface area contributed by atoms with Crippen LogP contribution in [0.4, 0.5) is 0 Å². The van der Waals surface area contributed by atoms with Crippen LogP contribution in [0, 0.1) is 0 Å². The van der Waals surface area contributed by atoms with Crippen molar-refractivity contribution in [3.8, 4) is 11.5 Å². The Morgan fingerprint density at radius 1 is 1.18 bits per heavy atom. The number of halogens is 1. The van der Waals surface area contributed by atoms with Crippen molar-refractivity contribution in [2.24, 2.45) is 0 Å². The lowest BCUT2D eigenvalue weighted by Gasteiger charge is -2.22. The third kappa shape index (κ3) is 5.82. The van der Waals surface area contributed by atoms with Gasteiger partial charge in [0.25, 0.3) is 5.22 Å². The largest absolute Gasteiger partial charge is 0.411 e. The smallest absolute Gasteiger partial charge is 0.277 e. The molecule has 146 valence electrons. The summed E-state index contributed by atoms with van der Waals surface area (Å²) in [6.07, 6.45) is 0. The van der Waals surface area contributed by atoms with Crippen LogP contribution < -0.4 is 0 Å². The van der Waals surface area contributed by atoms with Crippen LogP contribution >= 0.6 is 23.4 Å². The van der Waals surface area contributed by atoms with Gasteiger partial charge in [-0.05, 0) is 23.8 Å². The van der Waals surface area contributed by atoms with Crippen LogP contribution in [-0.4, -0.2) is 47.0 Å². The maximum absolute atomic E-state index is 12.7. The number of aromatic nitrogens is 2. The second kappa shape index (κ2) is 10.3. The molecule has 0 aliphatic carbocycles. The van der Waals surface area contributed by atoms with Gasteiger partial charge in [0.15, 0.2) is 0 Å². The van der Waals surface area contributed by atoms with E-state index in [-0.39, 0.29) is 11.7 Å². The summed E-state index contributed by atoms with van der Waals surface area (Å²) in [5.41, 5.74) is 1.81. The average molecular weight is 418 g/mol. The van der Waals surface area contributed by atoms with Crippen molar-refractivity contribution in [2.45, 2.75) is 11.8 Å². The Labute approximate surface area is 172 Å². The Hall–Kier alpha value is -2.35. The molecule has 0 spiro atoms. The molecule has 0 saturated heterocycles. The Balaban J connectivity index is 1.60. The minimum atomic E-state index is -0.0200. The van der Waals surface area contributed by atoms with Gasteiger partial charge in [0.05, 0.1) is 12.4 Å². The van der Waals surface area contributed by atoms with Gasteiger partial charge in [0, 0.05) is 30.8 Å². The van der Waals surface area contributed by atoms with Crippen molar-refractivity contribution in [3.05, 3.63) is 65.2 Å². The van der Waals surface area contributed by atoms with Gasteiger partial charge < -0.3 is 14.1 Å². The minimum absolute atomic E-state index is 0.0200. The molecule has 8 heteroatoms. The van der Waals surface area contributed by atoms with Crippen LogP contribution in [0.5, 0.6) is 0 Å². The SMILES string of the molecule is COCCN(Cc1ccccc1)C(=O)CSc1nnc(-c2cccc(Cl)c2)o1. The summed E-state index contributed by atoms with van der Waals surface area (Å²) in [6, 6.07) is 17.0. The van der Waals surface area contributed by atoms with Crippen molar-refractivity contribution >= 4 is 29.3 Å². The summed E-state index contributed by atoms with van der Waals surface area (Å²) in [6.45, 7) is 1.52. The van der Waals surface area contributed by atoms with Crippen molar-refractivity contribution in [2.75, 3.05) is 26.0 Å². The summed E-state index contributed by atoms with van der Waals surface area (Å²) >= 11 is 7.21. The Morgan fingerprint density at radius 3 is 2.75 bits per heavy atom. The highest BCUT2D eigenvalue weighted by molar-refractivity contribution is 7.99. The standard InChI is InChI=1S/C20H20ClN3O3S/c1-26-11-10-24(13-15-6-3-2-4-7-15)18(25)14-28-20-23-22-19(27-20)16-8-5-9-17(21)12-16/h2-9,12H,10-11,13-14H2,1H3. The number of nitrogens with zero attached hydrogens (tertiary/aromatic N) is 3. The number of benzene rings is 2. The zero-order valence-corrected chi connectivity index (χ0v) is 16.9. The molecular weight excluding hydrogens is 398 g/mol. The molecular formula is C20H20ClN3O3S. The molecule has 0 radical (unpaired) electrons. The van der Waals surface area contributed by atoms with Gasteiger partial charge in [-0.15, -0.1) is 10.2 Å². The number of carbonyl (C=O) groups is 1. The molecule has 0 aliphatic heterocycles. The lowest BCUT2D eigenvalue weighted by Crippen LogP contribution is -2.34. The molecule has 28 heavy (non-hydrogen) atoms. The summed E-state index contributed by atoms with van der Waals surface area (Å²) in [5, 5.41) is 8.97. The van der Waals surface area contributed by atoms with Crippen molar-refractivity contribution < 1.29 is 13.9 Å². The zero-order chi connectivity index (χ0) is 19.8. The number of ether oxygens (including phenoxy) is 1. The fourth-order valence-electron chi connectivity index (χ4n) is 2.52. The van der Waals surface area contributed by atoms with Crippen molar-refractivity contribution in [1.29, 1.82) is 0 Å². The number of rotatable bonds is 9. The van der Waals surface area contributed by atoms with E-state index in [1.165, 1.54) is 11.8 Å². The number of thioether (sulfide) groups is 1. The molecule has 6 nitrogen and oxygen atoms in total. The van der Waals surface area contributed by atoms with Crippen LogP contribution in [0.3, 0.4) is 0 Å². The molecule has 1 heterocycles. The number of methoxy groups -OCH3 is 1. The second-order valence-electron chi connectivity index (χ2n) is 5.97. The normalized spacial score (nSPS) is 10.8. The summed E-state index contributed by atoms with van der Waals surface area (Å²) in [5.74, 6) is 0.555. The quantitative estimate of drug-likeness (QED) is 0.487. The third-order valence-electron chi connectivity index (χ3n) is 3.93. The van der Waals surface area contributed by atoms with Gasteiger partial charge in [-0.3, -0.25) is 4.79 Å². The van der Waals surface area contributed by atoms with E-state index in [1.54, 1.807) is 24.1 Å². The van der Waals surface area contributed by atoms with E-state index in [1.807, 2.05) is 42.5 Å². The zero-order valence-electron chi connectivity index (χ0n) is 15.4. The maximum Gasteiger partial charge on any atom is 0.277 e. The number of carbonyl (C=O) groups excluding carboxylic acids is 1. The van der Waals surface area contributed by atoms with E-state index in [0.717, 1.165) is 11.1 Å². The van der Waals surface area contributed by atoms with Crippen molar-refractivity contribution in [3.63, 3.8) is 0 Å². The number of hydrogen-bond acceptors (Lipinski definition) is 6. The van der Waals surface area contributed by atoms with E-state index in [4.69, 9.17) is 20.8 Å².